The minimum absolute atomic E-state index is 0.706. The molecular weight excluding hydrogens is 202 g/mol. The van der Waals surface area contributed by atoms with E-state index < -0.39 is 0 Å². The smallest absolute Gasteiger partial charge is 0.221 e. The van der Waals surface area contributed by atoms with Gasteiger partial charge in [0.25, 0.3) is 0 Å². The first-order valence-electron chi connectivity index (χ1n) is 6.03. The predicted octanol–water partition coefficient (Wildman–Crippen LogP) is 2.65. The fourth-order valence-electron chi connectivity index (χ4n) is 1.43. The van der Waals surface area contributed by atoms with Crippen LogP contribution < -0.4 is 10.1 Å². The average molecular weight is 223 g/mol. The molecular formula is C12H21N3O. The summed E-state index contributed by atoms with van der Waals surface area (Å²) in [5, 5.41) is 3.30. The van der Waals surface area contributed by atoms with Gasteiger partial charge in [-0.2, -0.15) is 0 Å². The summed E-state index contributed by atoms with van der Waals surface area (Å²) in [7, 11) is 0. The first kappa shape index (κ1) is 12.7. The van der Waals surface area contributed by atoms with Gasteiger partial charge in [0, 0.05) is 6.54 Å². The lowest BCUT2D eigenvalue weighted by molar-refractivity contribution is 0.301. The summed E-state index contributed by atoms with van der Waals surface area (Å²) < 4.78 is 5.61. The van der Waals surface area contributed by atoms with E-state index in [4.69, 9.17) is 4.74 Å². The Kier molecular flexibility index (Phi) is 5.61. The van der Waals surface area contributed by atoms with Crippen LogP contribution in [-0.4, -0.2) is 23.1 Å². The molecule has 4 nitrogen and oxygen atoms in total. The second kappa shape index (κ2) is 7.04. The normalized spacial score (nSPS) is 10.2. The average Bonchev–Trinajstić information content (AvgIpc) is 2.33. The number of hydrogen-bond acceptors (Lipinski definition) is 4. The SMILES string of the molecule is CCCNc1ncnc(OCCC)c1CC. The summed E-state index contributed by atoms with van der Waals surface area (Å²) in [5.41, 5.74) is 1.07. The molecule has 0 aliphatic rings. The molecule has 0 aliphatic heterocycles. The highest BCUT2D eigenvalue weighted by atomic mass is 16.5. The number of hydrogen-bond donors (Lipinski definition) is 1. The molecule has 1 heterocycles. The van der Waals surface area contributed by atoms with E-state index in [1.165, 1.54) is 0 Å². The second-order valence-corrected chi connectivity index (χ2v) is 3.63. The van der Waals surface area contributed by atoms with E-state index >= 15 is 0 Å². The zero-order chi connectivity index (χ0) is 11.8. The van der Waals surface area contributed by atoms with Crippen LogP contribution in [0.2, 0.25) is 0 Å². The molecule has 0 atom stereocenters. The van der Waals surface area contributed by atoms with Crippen molar-refractivity contribution in [1.82, 2.24) is 9.97 Å². The van der Waals surface area contributed by atoms with Gasteiger partial charge in [0.15, 0.2) is 0 Å². The Morgan fingerprint density at radius 2 is 2.00 bits per heavy atom. The Hall–Kier alpha value is -1.32. The molecule has 0 bridgehead atoms. The van der Waals surface area contributed by atoms with E-state index in [9.17, 15) is 0 Å². The summed E-state index contributed by atoms with van der Waals surface area (Å²) in [6.45, 7) is 7.94. The Morgan fingerprint density at radius 1 is 1.19 bits per heavy atom. The van der Waals surface area contributed by atoms with E-state index in [1.54, 1.807) is 6.33 Å². The van der Waals surface area contributed by atoms with Crippen LogP contribution in [0.1, 0.15) is 39.2 Å². The fourth-order valence-corrected chi connectivity index (χ4v) is 1.43. The molecule has 0 unspecified atom stereocenters. The van der Waals surface area contributed by atoms with Crippen LogP contribution in [0, 0.1) is 0 Å². The summed E-state index contributed by atoms with van der Waals surface area (Å²) in [6, 6.07) is 0. The van der Waals surface area contributed by atoms with E-state index in [0.29, 0.717) is 6.61 Å². The lowest BCUT2D eigenvalue weighted by Gasteiger charge is -2.12. The van der Waals surface area contributed by atoms with E-state index in [0.717, 1.165) is 43.1 Å². The van der Waals surface area contributed by atoms with Crippen molar-refractivity contribution in [3.05, 3.63) is 11.9 Å². The van der Waals surface area contributed by atoms with Crippen molar-refractivity contribution in [3.63, 3.8) is 0 Å². The number of nitrogens with zero attached hydrogens (tertiary/aromatic N) is 2. The van der Waals surface area contributed by atoms with Crippen LogP contribution in [0.5, 0.6) is 5.88 Å². The third-order valence-corrected chi connectivity index (χ3v) is 2.24. The van der Waals surface area contributed by atoms with Gasteiger partial charge in [0.05, 0.1) is 12.2 Å². The molecule has 0 aromatic carbocycles. The van der Waals surface area contributed by atoms with Gasteiger partial charge in [-0.05, 0) is 19.3 Å². The van der Waals surface area contributed by atoms with Gasteiger partial charge in [-0.3, -0.25) is 0 Å². The molecule has 0 saturated heterocycles. The van der Waals surface area contributed by atoms with Crippen LogP contribution in [0.25, 0.3) is 0 Å². The highest BCUT2D eigenvalue weighted by molar-refractivity contribution is 5.48. The maximum Gasteiger partial charge on any atom is 0.221 e. The van der Waals surface area contributed by atoms with Crippen LogP contribution >= 0.6 is 0 Å². The highest BCUT2D eigenvalue weighted by Gasteiger charge is 2.09. The summed E-state index contributed by atoms with van der Waals surface area (Å²) in [4.78, 5) is 8.44. The maximum absolute atomic E-state index is 5.61. The molecule has 1 N–H and O–H groups in total. The zero-order valence-electron chi connectivity index (χ0n) is 10.4. The largest absolute Gasteiger partial charge is 0.477 e. The Morgan fingerprint density at radius 3 is 2.62 bits per heavy atom. The number of nitrogens with one attached hydrogen (secondary N) is 1. The molecule has 0 spiro atoms. The standard InChI is InChI=1S/C12H21N3O/c1-4-7-13-11-10(6-3)12(15-9-14-11)16-8-5-2/h9H,4-8H2,1-3H3,(H,13,14,15). The molecule has 0 radical (unpaired) electrons. The summed E-state index contributed by atoms with van der Waals surface area (Å²) >= 11 is 0. The van der Waals surface area contributed by atoms with Gasteiger partial charge in [0.2, 0.25) is 5.88 Å². The second-order valence-electron chi connectivity index (χ2n) is 3.63. The van der Waals surface area contributed by atoms with Crippen molar-refractivity contribution in [2.24, 2.45) is 0 Å². The van der Waals surface area contributed by atoms with Crippen molar-refractivity contribution in [2.45, 2.75) is 40.0 Å². The third-order valence-electron chi connectivity index (χ3n) is 2.24. The van der Waals surface area contributed by atoms with Crippen molar-refractivity contribution in [2.75, 3.05) is 18.5 Å². The van der Waals surface area contributed by atoms with Gasteiger partial charge in [0.1, 0.15) is 12.1 Å². The molecule has 0 saturated carbocycles. The quantitative estimate of drug-likeness (QED) is 0.772. The number of rotatable bonds is 7. The Labute approximate surface area is 97.5 Å². The Bertz CT molecular complexity index is 289. The first-order chi connectivity index (χ1) is 7.83. The predicted molar refractivity (Wildman–Crippen MR) is 66.0 cm³/mol. The van der Waals surface area contributed by atoms with Crippen LogP contribution in [0.3, 0.4) is 0 Å². The monoisotopic (exact) mass is 223 g/mol. The minimum Gasteiger partial charge on any atom is -0.477 e. The van der Waals surface area contributed by atoms with E-state index in [2.05, 4.69) is 36.1 Å². The molecule has 90 valence electrons. The molecule has 0 fully saturated rings. The molecule has 1 rings (SSSR count). The molecule has 1 aromatic rings. The van der Waals surface area contributed by atoms with Gasteiger partial charge >= 0.3 is 0 Å². The zero-order valence-corrected chi connectivity index (χ0v) is 10.4. The maximum atomic E-state index is 5.61. The number of anilines is 1. The highest BCUT2D eigenvalue weighted by Crippen LogP contribution is 2.22. The van der Waals surface area contributed by atoms with Crippen molar-refractivity contribution >= 4 is 5.82 Å². The lowest BCUT2D eigenvalue weighted by atomic mass is 10.2. The van der Waals surface area contributed by atoms with Crippen molar-refractivity contribution in [1.29, 1.82) is 0 Å². The van der Waals surface area contributed by atoms with Gasteiger partial charge < -0.3 is 10.1 Å². The first-order valence-corrected chi connectivity index (χ1v) is 6.03. The minimum atomic E-state index is 0.706. The van der Waals surface area contributed by atoms with E-state index in [1.807, 2.05) is 0 Å². The number of aromatic nitrogens is 2. The van der Waals surface area contributed by atoms with Crippen molar-refractivity contribution < 1.29 is 4.74 Å². The van der Waals surface area contributed by atoms with Crippen LogP contribution in [0.4, 0.5) is 5.82 Å². The van der Waals surface area contributed by atoms with Crippen LogP contribution in [0.15, 0.2) is 6.33 Å². The van der Waals surface area contributed by atoms with Gasteiger partial charge in [-0.25, -0.2) is 9.97 Å². The molecule has 4 heteroatoms. The topological polar surface area (TPSA) is 47.0 Å². The molecule has 0 amide bonds. The fraction of sp³-hybridized carbons (Fsp3) is 0.667. The molecule has 1 aromatic heterocycles. The Balaban J connectivity index is 2.82. The summed E-state index contributed by atoms with van der Waals surface area (Å²) in [6.07, 6.45) is 4.51. The number of ether oxygens (including phenoxy) is 1. The van der Waals surface area contributed by atoms with E-state index in [-0.39, 0.29) is 0 Å². The van der Waals surface area contributed by atoms with Crippen molar-refractivity contribution in [3.8, 4) is 5.88 Å². The molecule has 16 heavy (non-hydrogen) atoms. The van der Waals surface area contributed by atoms with Gasteiger partial charge in [-0.15, -0.1) is 0 Å². The summed E-state index contributed by atoms with van der Waals surface area (Å²) in [5.74, 6) is 1.63. The van der Waals surface area contributed by atoms with Crippen LogP contribution in [-0.2, 0) is 6.42 Å². The lowest BCUT2D eigenvalue weighted by Crippen LogP contribution is -2.08. The molecule has 0 aliphatic carbocycles. The third kappa shape index (κ3) is 3.36. The van der Waals surface area contributed by atoms with Gasteiger partial charge in [-0.1, -0.05) is 20.8 Å².